The van der Waals surface area contributed by atoms with Crippen molar-refractivity contribution in [1.29, 1.82) is 0 Å². The molecule has 3 aromatic rings. The molecule has 2 fully saturated rings. The maximum Gasteiger partial charge on any atom is 0.350 e. The van der Waals surface area contributed by atoms with E-state index in [1.165, 1.54) is 42.5 Å². The zero-order chi connectivity index (χ0) is 28.8. The van der Waals surface area contributed by atoms with Gasteiger partial charge in [-0.3, -0.25) is 9.80 Å². The van der Waals surface area contributed by atoms with E-state index in [1.807, 2.05) is 18.3 Å². The number of amides is 2. The molecule has 7 nitrogen and oxygen atoms in total. The number of hydrogen-bond donors (Lipinski definition) is 2. The van der Waals surface area contributed by atoms with Crippen LogP contribution in [0.4, 0.5) is 20.7 Å². The highest BCUT2D eigenvalue weighted by atomic mass is 19.1. The van der Waals surface area contributed by atoms with Gasteiger partial charge in [-0.2, -0.15) is 4.99 Å². The summed E-state index contributed by atoms with van der Waals surface area (Å²) in [5, 5.41) is 7.25. The van der Waals surface area contributed by atoms with Gasteiger partial charge in [-0.15, -0.1) is 0 Å². The van der Waals surface area contributed by atoms with Gasteiger partial charge in [0.25, 0.3) is 0 Å². The molecule has 42 heavy (non-hydrogen) atoms. The fourth-order valence-electron chi connectivity index (χ4n) is 6.77. The molecular weight excluding hydrogens is 527 g/mol. The average molecular weight is 569 g/mol. The molecule has 1 spiro atoms. The van der Waals surface area contributed by atoms with E-state index in [0.29, 0.717) is 11.7 Å². The van der Waals surface area contributed by atoms with Gasteiger partial charge in [-0.25, -0.2) is 14.2 Å². The number of rotatable bonds is 9. The average Bonchev–Trinajstić information content (AvgIpc) is 3.27. The Morgan fingerprint density at radius 2 is 1.76 bits per heavy atom. The topological polar surface area (TPSA) is 72.9 Å². The quantitative estimate of drug-likeness (QED) is 0.286. The number of hydrogen-bond acceptors (Lipinski definition) is 5. The monoisotopic (exact) mass is 568 g/mol. The SMILES string of the molecule is O=C1N=C(NC2CCCCC2)C2(CCN(Cc3cccnc3NCCCc3ccccc3)CC2)N1c1cccc(F)c1. The highest BCUT2D eigenvalue weighted by molar-refractivity contribution is 6.16. The Morgan fingerprint density at radius 3 is 2.55 bits per heavy atom. The fourth-order valence-corrected chi connectivity index (χ4v) is 6.77. The van der Waals surface area contributed by atoms with Gasteiger partial charge in [0.1, 0.15) is 23.0 Å². The number of aryl methyl sites for hydroxylation is 1. The number of nitrogens with one attached hydrogen (secondary N) is 2. The van der Waals surface area contributed by atoms with Crippen LogP contribution in [0.2, 0.25) is 0 Å². The second kappa shape index (κ2) is 13.0. The van der Waals surface area contributed by atoms with Gasteiger partial charge >= 0.3 is 6.03 Å². The number of carbonyl (C=O) groups is 1. The number of carbonyl (C=O) groups excluding carboxylic acids is 1. The first-order valence-corrected chi connectivity index (χ1v) is 15.5. The second-order valence-electron chi connectivity index (χ2n) is 11.9. The minimum atomic E-state index is -0.591. The molecule has 0 radical (unpaired) electrons. The summed E-state index contributed by atoms with van der Waals surface area (Å²) in [5.74, 6) is 1.36. The standard InChI is InChI=1S/C34H41FN6O/c35-28-14-7-17-30(24-28)41-33(42)39-32(38-29-15-5-2-6-16-29)34(41)18-22-40(23-19-34)25-27-13-9-21-37-31(27)36-20-8-12-26-10-3-1-4-11-26/h1,3-4,7,9-11,13-14,17,21,24,29H,2,5-6,8,12,15-16,18-20,22-23,25H2,(H,36,37)(H,38,39,42). The van der Waals surface area contributed by atoms with Crippen molar-refractivity contribution >= 4 is 23.4 Å². The normalized spacial score (nSPS) is 19.2. The molecule has 0 bridgehead atoms. The molecule has 1 aliphatic carbocycles. The summed E-state index contributed by atoms with van der Waals surface area (Å²) in [5.41, 5.74) is 2.51. The number of aromatic nitrogens is 1. The van der Waals surface area contributed by atoms with Crippen molar-refractivity contribution in [3.05, 3.63) is 89.9 Å². The van der Waals surface area contributed by atoms with Crippen molar-refractivity contribution in [2.45, 2.75) is 75.9 Å². The van der Waals surface area contributed by atoms with Gasteiger partial charge in [-0.05, 0) is 68.4 Å². The van der Waals surface area contributed by atoms with Crippen LogP contribution >= 0.6 is 0 Å². The summed E-state index contributed by atoms with van der Waals surface area (Å²) >= 11 is 0. The molecule has 2 amide bonds. The van der Waals surface area contributed by atoms with Gasteiger partial charge < -0.3 is 10.6 Å². The number of aliphatic imine (C=N–C) groups is 1. The molecule has 220 valence electrons. The lowest BCUT2D eigenvalue weighted by atomic mass is 9.83. The van der Waals surface area contributed by atoms with Crippen molar-refractivity contribution in [3.63, 3.8) is 0 Å². The van der Waals surface area contributed by atoms with E-state index in [4.69, 9.17) is 0 Å². The second-order valence-corrected chi connectivity index (χ2v) is 11.9. The van der Waals surface area contributed by atoms with Gasteiger partial charge in [0.05, 0.1) is 0 Å². The number of amidine groups is 1. The molecule has 2 aromatic carbocycles. The Balaban J connectivity index is 1.13. The Bertz CT molecular complexity index is 1380. The van der Waals surface area contributed by atoms with Crippen molar-refractivity contribution in [2.75, 3.05) is 29.9 Å². The molecule has 1 saturated heterocycles. The lowest BCUT2D eigenvalue weighted by Crippen LogP contribution is -2.62. The maximum absolute atomic E-state index is 14.3. The predicted molar refractivity (Wildman–Crippen MR) is 166 cm³/mol. The van der Waals surface area contributed by atoms with Crippen LogP contribution in [0, 0.1) is 5.82 Å². The number of anilines is 2. The van der Waals surface area contributed by atoms with Gasteiger partial charge in [0.15, 0.2) is 0 Å². The number of halogens is 1. The van der Waals surface area contributed by atoms with Crippen LogP contribution in [0.5, 0.6) is 0 Å². The Hall–Kier alpha value is -3.78. The molecule has 1 aromatic heterocycles. The van der Waals surface area contributed by atoms with E-state index in [-0.39, 0.29) is 11.8 Å². The first-order chi connectivity index (χ1) is 20.6. The third kappa shape index (κ3) is 6.33. The van der Waals surface area contributed by atoms with E-state index in [0.717, 1.165) is 76.4 Å². The maximum atomic E-state index is 14.3. The molecule has 3 aliphatic rings. The number of benzene rings is 2. The van der Waals surface area contributed by atoms with Crippen LogP contribution in [0.25, 0.3) is 0 Å². The van der Waals surface area contributed by atoms with E-state index in [1.54, 1.807) is 11.0 Å². The minimum absolute atomic E-state index is 0.304. The van der Waals surface area contributed by atoms with Crippen LogP contribution < -0.4 is 15.5 Å². The summed E-state index contributed by atoms with van der Waals surface area (Å²) in [6, 6.07) is 21.1. The Kier molecular flexibility index (Phi) is 8.79. The summed E-state index contributed by atoms with van der Waals surface area (Å²) in [6.45, 7) is 3.24. The van der Waals surface area contributed by atoms with E-state index in [2.05, 4.69) is 61.9 Å². The highest BCUT2D eigenvalue weighted by Crippen LogP contribution is 2.39. The number of piperidine rings is 1. The summed E-state index contributed by atoms with van der Waals surface area (Å²) in [4.78, 5) is 26.8. The van der Waals surface area contributed by atoms with E-state index >= 15 is 0 Å². The van der Waals surface area contributed by atoms with Crippen LogP contribution in [0.15, 0.2) is 77.9 Å². The number of urea groups is 1. The van der Waals surface area contributed by atoms with Gasteiger partial charge in [0, 0.05) is 49.7 Å². The zero-order valence-electron chi connectivity index (χ0n) is 24.3. The highest BCUT2D eigenvalue weighted by Gasteiger charge is 2.52. The molecule has 8 heteroatoms. The predicted octanol–water partition coefficient (Wildman–Crippen LogP) is 6.56. The first-order valence-electron chi connectivity index (χ1n) is 15.5. The van der Waals surface area contributed by atoms with Crippen molar-refractivity contribution in [3.8, 4) is 0 Å². The number of pyridine rings is 1. The summed E-state index contributed by atoms with van der Waals surface area (Å²) in [7, 11) is 0. The van der Waals surface area contributed by atoms with Crippen LogP contribution in [-0.4, -0.2) is 53.0 Å². The lowest BCUT2D eigenvalue weighted by molar-refractivity contribution is 0.181. The molecule has 6 rings (SSSR count). The Labute approximate surface area is 248 Å². The van der Waals surface area contributed by atoms with E-state index < -0.39 is 5.54 Å². The molecule has 2 N–H and O–H groups in total. The summed E-state index contributed by atoms with van der Waals surface area (Å²) < 4.78 is 14.3. The third-order valence-corrected chi connectivity index (χ3v) is 9.03. The zero-order valence-corrected chi connectivity index (χ0v) is 24.3. The largest absolute Gasteiger partial charge is 0.370 e. The van der Waals surface area contributed by atoms with Gasteiger partial charge in [-0.1, -0.05) is 61.7 Å². The third-order valence-electron chi connectivity index (χ3n) is 9.03. The molecule has 0 atom stereocenters. The molecule has 1 saturated carbocycles. The molecular formula is C34H41FN6O. The molecule has 3 heterocycles. The Morgan fingerprint density at radius 1 is 0.952 bits per heavy atom. The van der Waals surface area contributed by atoms with Crippen LogP contribution in [-0.2, 0) is 13.0 Å². The minimum Gasteiger partial charge on any atom is -0.370 e. The van der Waals surface area contributed by atoms with Crippen molar-refractivity contribution in [2.24, 2.45) is 4.99 Å². The molecule has 0 unspecified atom stereocenters. The smallest absolute Gasteiger partial charge is 0.350 e. The summed E-state index contributed by atoms with van der Waals surface area (Å²) in [6.07, 6.45) is 11.2. The first kappa shape index (κ1) is 28.3. The molecule has 2 aliphatic heterocycles. The van der Waals surface area contributed by atoms with Crippen molar-refractivity contribution in [1.82, 2.24) is 15.2 Å². The number of nitrogens with zero attached hydrogens (tertiary/aromatic N) is 4. The van der Waals surface area contributed by atoms with Crippen molar-refractivity contribution < 1.29 is 9.18 Å². The number of likely N-dealkylation sites (tertiary alicyclic amines) is 1. The van der Waals surface area contributed by atoms with Crippen LogP contribution in [0.1, 0.15) is 62.5 Å². The van der Waals surface area contributed by atoms with E-state index in [9.17, 15) is 9.18 Å². The lowest BCUT2D eigenvalue weighted by Gasteiger charge is -2.45. The fraction of sp³-hybridized carbons (Fsp3) is 0.441. The van der Waals surface area contributed by atoms with Gasteiger partial charge in [0.2, 0.25) is 0 Å². The van der Waals surface area contributed by atoms with Crippen LogP contribution in [0.3, 0.4) is 0 Å².